The smallest absolute Gasteiger partial charge is 0.328 e. The fourth-order valence-corrected chi connectivity index (χ4v) is 3.58. The van der Waals surface area contributed by atoms with Crippen LogP contribution in [-0.4, -0.2) is 56.0 Å². The molecule has 4 atom stereocenters. The molecule has 3 amide bonds. The number of carbonyl (C=O) groups excluding carboxylic acids is 4. The number of hydrogen-bond donors (Lipinski definition) is 4. The van der Waals surface area contributed by atoms with E-state index >= 15 is 0 Å². The van der Waals surface area contributed by atoms with Crippen molar-refractivity contribution < 1.29 is 23.9 Å². The molecular formula is C23H37N4O5P. The summed E-state index contributed by atoms with van der Waals surface area (Å²) in [5.41, 5.74) is 0.877. The third-order valence-electron chi connectivity index (χ3n) is 5.07. The van der Waals surface area contributed by atoms with E-state index < -0.39 is 35.9 Å². The van der Waals surface area contributed by atoms with Gasteiger partial charge in [0, 0.05) is 6.42 Å². The van der Waals surface area contributed by atoms with Gasteiger partial charge in [-0.2, -0.15) is 0 Å². The summed E-state index contributed by atoms with van der Waals surface area (Å²) in [5.74, 6) is -1.34. The first kappa shape index (κ1) is 28.5. The van der Waals surface area contributed by atoms with Gasteiger partial charge in [0.25, 0.3) is 0 Å². The second-order valence-electron chi connectivity index (χ2n) is 8.25. The van der Waals surface area contributed by atoms with E-state index in [0.717, 1.165) is 18.5 Å². The van der Waals surface area contributed by atoms with Crippen LogP contribution < -0.4 is 21.0 Å². The van der Waals surface area contributed by atoms with E-state index in [4.69, 9.17) is 4.74 Å². The topological polar surface area (TPSA) is 126 Å². The number of ether oxygens (including phenoxy) is 1. The highest BCUT2D eigenvalue weighted by Gasteiger charge is 2.29. The average molecular weight is 481 g/mol. The molecule has 0 heterocycles. The Morgan fingerprint density at radius 2 is 1.64 bits per heavy atom. The number of hydrogen-bond acceptors (Lipinski definition) is 6. The third kappa shape index (κ3) is 11.3. The van der Waals surface area contributed by atoms with Gasteiger partial charge in [0.2, 0.25) is 18.2 Å². The van der Waals surface area contributed by atoms with Gasteiger partial charge in [-0.05, 0) is 43.7 Å². The van der Waals surface area contributed by atoms with E-state index in [2.05, 4.69) is 30.4 Å². The number of esters is 1. The SMILES string of the molecule is COC(=O)C(CCCCNP)NC(=O)[C@@H](CC(C)C)NC(=O)C(Cc1ccccc1)NC=O. The van der Waals surface area contributed by atoms with E-state index in [1.54, 1.807) is 0 Å². The summed E-state index contributed by atoms with van der Waals surface area (Å²) in [6.07, 6.45) is 3.11. The van der Waals surface area contributed by atoms with Gasteiger partial charge in [-0.15, -0.1) is 0 Å². The van der Waals surface area contributed by atoms with Crippen LogP contribution in [0.4, 0.5) is 0 Å². The first-order valence-corrected chi connectivity index (χ1v) is 11.8. The quantitative estimate of drug-likeness (QED) is 0.121. The lowest BCUT2D eigenvalue weighted by molar-refractivity contribution is -0.145. The molecule has 0 saturated heterocycles. The van der Waals surface area contributed by atoms with Gasteiger partial charge in [-0.25, -0.2) is 4.79 Å². The second kappa shape index (κ2) is 16.2. The molecule has 3 unspecified atom stereocenters. The molecule has 1 rings (SSSR count). The van der Waals surface area contributed by atoms with Crippen molar-refractivity contribution in [3.05, 3.63) is 35.9 Å². The minimum atomic E-state index is -0.856. The van der Waals surface area contributed by atoms with E-state index in [1.165, 1.54) is 7.11 Å². The van der Waals surface area contributed by atoms with Gasteiger partial charge >= 0.3 is 5.97 Å². The van der Waals surface area contributed by atoms with Crippen LogP contribution in [0.15, 0.2) is 30.3 Å². The van der Waals surface area contributed by atoms with E-state index in [1.807, 2.05) is 44.2 Å². The molecule has 1 aromatic rings. The van der Waals surface area contributed by atoms with Crippen LogP contribution >= 0.6 is 9.39 Å². The maximum absolute atomic E-state index is 13.0. The normalized spacial score (nSPS) is 13.5. The predicted octanol–water partition coefficient (Wildman–Crippen LogP) is 1.08. The minimum Gasteiger partial charge on any atom is -0.467 e. The monoisotopic (exact) mass is 480 g/mol. The largest absolute Gasteiger partial charge is 0.467 e. The lowest BCUT2D eigenvalue weighted by Crippen LogP contribution is -2.55. The standard InChI is InChI=1S/C23H37N4O5P/c1-16(2)13-20(22(30)26-18(23(31)32-3)11-7-8-12-25-33)27-21(29)19(24-15-28)14-17-9-5-4-6-10-17/h4-6,9-10,15-16,18-20,25H,7-8,11-14,33H2,1-3H3,(H,24,28)(H,26,30)(H,27,29)/t18?,19?,20-/m1/s1. The number of benzene rings is 1. The fraction of sp³-hybridized carbons (Fsp3) is 0.565. The summed E-state index contributed by atoms with van der Waals surface area (Å²) in [4.78, 5) is 49.2. The molecular weight excluding hydrogens is 443 g/mol. The van der Waals surface area contributed by atoms with Gasteiger partial charge in [0.05, 0.1) is 7.11 Å². The fourth-order valence-electron chi connectivity index (χ4n) is 3.37. The van der Waals surface area contributed by atoms with Crippen molar-refractivity contribution in [2.45, 2.75) is 64.1 Å². The Labute approximate surface area is 198 Å². The first-order chi connectivity index (χ1) is 15.8. The predicted molar refractivity (Wildman–Crippen MR) is 130 cm³/mol. The molecule has 0 aliphatic carbocycles. The number of amides is 3. The molecule has 184 valence electrons. The summed E-state index contributed by atoms with van der Waals surface area (Å²) in [7, 11) is 3.69. The Kier molecular flexibility index (Phi) is 14.0. The van der Waals surface area contributed by atoms with Gasteiger partial charge in [-0.3, -0.25) is 14.4 Å². The molecule has 0 aliphatic rings. The Morgan fingerprint density at radius 1 is 1.00 bits per heavy atom. The van der Waals surface area contributed by atoms with Crippen molar-refractivity contribution in [1.29, 1.82) is 0 Å². The van der Waals surface area contributed by atoms with Gasteiger partial charge in [0.1, 0.15) is 18.1 Å². The molecule has 33 heavy (non-hydrogen) atoms. The first-order valence-electron chi connectivity index (χ1n) is 11.2. The summed E-state index contributed by atoms with van der Waals surface area (Å²) in [5, 5.41) is 11.0. The third-order valence-corrected chi connectivity index (χ3v) is 5.36. The van der Waals surface area contributed by atoms with Gasteiger partial charge < -0.3 is 25.8 Å². The van der Waals surface area contributed by atoms with Crippen LogP contribution in [-0.2, 0) is 30.3 Å². The molecule has 0 fully saturated rings. The minimum absolute atomic E-state index is 0.109. The Morgan fingerprint density at radius 3 is 2.21 bits per heavy atom. The van der Waals surface area contributed by atoms with Crippen LogP contribution in [0, 0.1) is 5.92 Å². The number of unbranched alkanes of at least 4 members (excludes halogenated alkanes) is 1. The lowest BCUT2D eigenvalue weighted by atomic mass is 10.0. The number of carbonyl (C=O) groups is 4. The molecule has 0 bridgehead atoms. The van der Waals surface area contributed by atoms with Crippen molar-refractivity contribution in [3.8, 4) is 0 Å². The Bertz CT molecular complexity index is 748. The Hall–Kier alpha value is -2.51. The summed E-state index contributed by atoms with van der Waals surface area (Å²) >= 11 is 0. The van der Waals surface area contributed by atoms with Crippen LogP contribution in [0.2, 0.25) is 0 Å². The van der Waals surface area contributed by atoms with E-state index in [9.17, 15) is 19.2 Å². The molecule has 0 aliphatic heterocycles. The molecule has 9 nitrogen and oxygen atoms in total. The zero-order chi connectivity index (χ0) is 24.6. The number of methoxy groups -OCH3 is 1. The van der Waals surface area contributed by atoms with Gasteiger partial charge in [0.15, 0.2) is 0 Å². The maximum Gasteiger partial charge on any atom is 0.328 e. The summed E-state index contributed by atoms with van der Waals surface area (Å²) in [6.45, 7) is 4.64. The van der Waals surface area contributed by atoms with Crippen molar-refractivity contribution >= 4 is 33.6 Å². The zero-order valence-electron chi connectivity index (χ0n) is 19.6. The molecule has 10 heteroatoms. The highest BCUT2D eigenvalue weighted by Crippen LogP contribution is 2.10. The molecule has 1 aromatic carbocycles. The zero-order valence-corrected chi connectivity index (χ0v) is 20.8. The van der Waals surface area contributed by atoms with E-state index in [0.29, 0.717) is 25.7 Å². The molecule has 0 aromatic heterocycles. The second-order valence-corrected chi connectivity index (χ2v) is 8.66. The molecule has 0 saturated carbocycles. The highest BCUT2D eigenvalue weighted by molar-refractivity contribution is 7.13. The average Bonchev–Trinajstić information content (AvgIpc) is 2.80. The Balaban J connectivity index is 2.89. The van der Waals surface area contributed by atoms with Crippen molar-refractivity contribution in [2.24, 2.45) is 5.92 Å². The van der Waals surface area contributed by atoms with Gasteiger partial charge in [-0.1, -0.05) is 53.6 Å². The van der Waals surface area contributed by atoms with Crippen LogP contribution in [0.25, 0.3) is 0 Å². The number of nitrogens with one attached hydrogen (secondary N) is 4. The lowest BCUT2D eigenvalue weighted by Gasteiger charge is -2.25. The van der Waals surface area contributed by atoms with E-state index in [-0.39, 0.29) is 12.3 Å². The summed E-state index contributed by atoms with van der Waals surface area (Å²) in [6, 6.07) is 6.80. The summed E-state index contributed by atoms with van der Waals surface area (Å²) < 4.78 is 4.84. The molecule has 0 spiro atoms. The maximum atomic E-state index is 13.0. The highest BCUT2D eigenvalue weighted by atomic mass is 31.0. The van der Waals surface area contributed by atoms with Crippen molar-refractivity contribution in [3.63, 3.8) is 0 Å². The van der Waals surface area contributed by atoms with Crippen molar-refractivity contribution in [2.75, 3.05) is 13.7 Å². The van der Waals surface area contributed by atoms with Crippen LogP contribution in [0.3, 0.4) is 0 Å². The van der Waals surface area contributed by atoms with Crippen LogP contribution in [0.5, 0.6) is 0 Å². The molecule has 4 N–H and O–H groups in total. The number of rotatable bonds is 16. The van der Waals surface area contributed by atoms with Crippen LogP contribution in [0.1, 0.15) is 45.1 Å². The molecule has 0 radical (unpaired) electrons. The van der Waals surface area contributed by atoms with Crippen molar-refractivity contribution in [1.82, 2.24) is 21.0 Å².